The van der Waals surface area contributed by atoms with E-state index in [0.29, 0.717) is 5.75 Å². The highest BCUT2D eigenvalue weighted by molar-refractivity contribution is 7.99. The van der Waals surface area contributed by atoms with Crippen molar-refractivity contribution >= 4 is 23.7 Å². The Balaban J connectivity index is 1.33. The van der Waals surface area contributed by atoms with E-state index in [-0.39, 0.29) is 5.91 Å². The van der Waals surface area contributed by atoms with Gasteiger partial charge < -0.3 is 9.64 Å². The summed E-state index contributed by atoms with van der Waals surface area (Å²) >= 11 is 1.68. The molecule has 0 bridgehead atoms. The summed E-state index contributed by atoms with van der Waals surface area (Å²) in [6.07, 6.45) is 4.37. The predicted octanol–water partition coefficient (Wildman–Crippen LogP) is 3.79. The summed E-state index contributed by atoms with van der Waals surface area (Å²) in [6, 6.07) is 18.4. The van der Waals surface area contributed by atoms with Crippen LogP contribution in [0.25, 0.3) is 6.08 Å². The number of hydrogen-bond donors (Lipinski definition) is 0. The van der Waals surface area contributed by atoms with Crippen LogP contribution in [0, 0.1) is 0 Å². The first-order chi connectivity index (χ1) is 13.7. The van der Waals surface area contributed by atoms with E-state index in [0.717, 1.165) is 44.2 Å². The van der Waals surface area contributed by atoms with Crippen LogP contribution in [0.4, 0.5) is 0 Å². The lowest BCUT2D eigenvalue weighted by atomic mass is 10.2. The van der Waals surface area contributed by atoms with Crippen molar-refractivity contribution in [2.45, 2.75) is 5.75 Å². The number of carbonyl (C=O) groups excluding carboxylic acids is 1. The zero-order valence-electron chi connectivity index (χ0n) is 16.4. The Bertz CT molecular complexity index is 754. The minimum atomic E-state index is 0.248. The van der Waals surface area contributed by atoms with Crippen molar-refractivity contribution in [1.82, 2.24) is 9.80 Å². The average Bonchev–Trinajstić information content (AvgIpc) is 2.75. The number of thioether (sulfide) groups is 1. The number of piperazine rings is 1. The zero-order valence-corrected chi connectivity index (χ0v) is 17.2. The van der Waals surface area contributed by atoms with E-state index in [1.54, 1.807) is 18.9 Å². The molecular formula is C23H28N2O2S. The molecule has 2 aromatic rings. The molecule has 0 radical (unpaired) electrons. The highest BCUT2D eigenvalue weighted by atomic mass is 32.2. The minimum Gasteiger partial charge on any atom is -0.497 e. The quantitative estimate of drug-likeness (QED) is 0.680. The molecule has 1 aliphatic heterocycles. The third kappa shape index (κ3) is 6.43. The predicted molar refractivity (Wildman–Crippen MR) is 118 cm³/mol. The summed E-state index contributed by atoms with van der Waals surface area (Å²) < 4.78 is 5.17. The van der Waals surface area contributed by atoms with Gasteiger partial charge in [0.2, 0.25) is 5.91 Å². The summed E-state index contributed by atoms with van der Waals surface area (Å²) in [5.74, 6) is 2.50. The van der Waals surface area contributed by atoms with Gasteiger partial charge in [-0.15, -0.1) is 11.8 Å². The average molecular weight is 397 g/mol. The number of ether oxygens (including phenoxy) is 1. The molecule has 1 heterocycles. The first-order valence-corrected chi connectivity index (χ1v) is 10.8. The number of nitrogens with zero attached hydrogens (tertiary/aromatic N) is 2. The van der Waals surface area contributed by atoms with Crippen LogP contribution in [0.3, 0.4) is 0 Å². The van der Waals surface area contributed by atoms with Crippen LogP contribution in [0.1, 0.15) is 11.1 Å². The van der Waals surface area contributed by atoms with Crippen molar-refractivity contribution in [2.75, 3.05) is 45.6 Å². The van der Waals surface area contributed by atoms with Crippen molar-refractivity contribution < 1.29 is 9.53 Å². The molecule has 1 fully saturated rings. The molecule has 0 unspecified atom stereocenters. The molecule has 0 aliphatic carbocycles. The van der Waals surface area contributed by atoms with Crippen LogP contribution < -0.4 is 4.74 Å². The van der Waals surface area contributed by atoms with Gasteiger partial charge in [0.1, 0.15) is 5.75 Å². The van der Waals surface area contributed by atoms with Crippen molar-refractivity contribution in [1.29, 1.82) is 0 Å². The Morgan fingerprint density at radius 1 is 1.04 bits per heavy atom. The standard InChI is InChI=1S/C23H28N2O2S/c1-27-22-11-9-21(10-12-22)18-28-19-23(26)25-16-14-24(15-17-25)13-5-8-20-6-3-2-4-7-20/h2-12H,13-19H2,1H3/b8-5+. The molecule has 1 aliphatic rings. The van der Waals surface area contributed by atoms with Crippen LogP contribution in [-0.2, 0) is 10.5 Å². The fourth-order valence-electron chi connectivity index (χ4n) is 3.15. The maximum Gasteiger partial charge on any atom is 0.232 e. The van der Waals surface area contributed by atoms with E-state index in [4.69, 9.17) is 4.74 Å². The minimum absolute atomic E-state index is 0.248. The van der Waals surface area contributed by atoms with Crippen molar-refractivity contribution in [3.63, 3.8) is 0 Å². The van der Waals surface area contributed by atoms with E-state index in [2.05, 4.69) is 53.5 Å². The van der Waals surface area contributed by atoms with Crippen LogP contribution in [-0.4, -0.2) is 61.3 Å². The largest absolute Gasteiger partial charge is 0.497 e. The number of amides is 1. The Hall–Kier alpha value is -2.24. The maximum absolute atomic E-state index is 12.4. The number of rotatable bonds is 8. The van der Waals surface area contributed by atoms with Gasteiger partial charge in [0.25, 0.3) is 0 Å². The molecule has 148 valence electrons. The number of carbonyl (C=O) groups is 1. The highest BCUT2D eigenvalue weighted by Crippen LogP contribution is 2.17. The van der Waals surface area contributed by atoms with E-state index in [1.165, 1.54) is 11.1 Å². The van der Waals surface area contributed by atoms with Gasteiger partial charge >= 0.3 is 0 Å². The Morgan fingerprint density at radius 3 is 2.43 bits per heavy atom. The molecule has 1 saturated heterocycles. The molecule has 28 heavy (non-hydrogen) atoms. The third-order valence-electron chi connectivity index (χ3n) is 4.85. The Morgan fingerprint density at radius 2 is 1.75 bits per heavy atom. The molecule has 0 atom stereocenters. The Labute approximate surface area is 172 Å². The second-order valence-electron chi connectivity index (χ2n) is 6.84. The molecule has 2 aromatic carbocycles. The van der Waals surface area contributed by atoms with Gasteiger partial charge in [0.15, 0.2) is 0 Å². The van der Waals surface area contributed by atoms with E-state index >= 15 is 0 Å². The van der Waals surface area contributed by atoms with Crippen molar-refractivity contribution in [3.8, 4) is 5.75 Å². The van der Waals surface area contributed by atoms with Gasteiger partial charge in [-0.3, -0.25) is 9.69 Å². The number of hydrogen-bond acceptors (Lipinski definition) is 4. The third-order valence-corrected chi connectivity index (χ3v) is 5.84. The molecule has 3 rings (SSSR count). The lowest BCUT2D eigenvalue weighted by Gasteiger charge is -2.34. The summed E-state index contributed by atoms with van der Waals surface area (Å²) in [4.78, 5) is 16.8. The number of benzene rings is 2. The maximum atomic E-state index is 12.4. The van der Waals surface area contributed by atoms with E-state index in [9.17, 15) is 4.79 Å². The molecule has 0 saturated carbocycles. The van der Waals surface area contributed by atoms with Crippen LogP contribution in [0.2, 0.25) is 0 Å². The van der Waals surface area contributed by atoms with Gasteiger partial charge in [-0.2, -0.15) is 0 Å². The van der Waals surface area contributed by atoms with Crippen LogP contribution in [0.5, 0.6) is 5.75 Å². The molecular weight excluding hydrogens is 368 g/mol. The summed E-state index contributed by atoms with van der Waals surface area (Å²) in [7, 11) is 1.67. The van der Waals surface area contributed by atoms with Crippen molar-refractivity contribution in [3.05, 3.63) is 71.8 Å². The molecule has 5 heteroatoms. The van der Waals surface area contributed by atoms with E-state index < -0.39 is 0 Å². The molecule has 4 nitrogen and oxygen atoms in total. The fraction of sp³-hybridized carbons (Fsp3) is 0.348. The summed E-state index contributed by atoms with van der Waals surface area (Å²) in [6.45, 7) is 4.45. The summed E-state index contributed by atoms with van der Waals surface area (Å²) in [5.41, 5.74) is 2.44. The van der Waals surface area contributed by atoms with Gasteiger partial charge in [0, 0.05) is 38.5 Å². The lowest BCUT2D eigenvalue weighted by Crippen LogP contribution is -2.49. The molecule has 0 aromatic heterocycles. The monoisotopic (exact) mass is 396 g/mol. The topological polar surface area (TPSA) is 32.8 Å². The fourth-order valence-corrected chi connectivity index (χ4v) is 4.04. The first kappa shape index (κ1) is 20.5. The Kier molecular flexibility index (Phi) is 8.00. The SMILES string of the molecule is COc1ccc(CSCC(=O)N2CCN(C/C=C/c3ccccc3)CC2)cc1. The van der Waals surface area contributed by atoms with Gasteiger partial charge in [-0.1, -0.05) is 54.6 Å². The molecule has 0 spiro atoms. The second-order valence-corrected chi connectivity index (χ2v) is 7.82. The van der Waals surface area contributed by atoms with Crippen LogP contribution in [0.15, 0.2) is 60.7 Å². The van der Waals surface area contributed by atoms with Crippen molar-refractivity contribution in [2.24, 2.45) is 0 Å². The highest BCUT2D eigenvalue weighted by Gasteiger charge is 2.20. The van der Waals surface area contributed by atoms with Crippen LogP contribution >= 0.6 is 11.8 Å². The smallest absolute Gasteiger partial charge is 0.232 e. The van der Waals surface area contributed by atoms with E-state index in [1.807, 2.05) is 23.1 Å². The number of methoxy groups -OCH3 is 1. The first-order valence-electron chi connectivity index (χ1n) is 9.67. The second kappa shape index (κ2) is 10.9. The zero-order chi connectivity index (χ0) is 19.6. The lowest BCUT2D eigenvalue weighted by molar-refractivity contribution is -0.129. The normalized spacial score (nSPS) is 15.1. The molecule has 1 amide bonds. The van der Waals surface area contributed by atoms with Gasteiger partial charge in [-0.25, -0.2) is 0 Å². The molecule has 0 N–H and O–H groups in total. The van der Waals surface area contributed by atoms with Gasteiger partial charge in [0.05, 0.1) is 12.9 Å². The summed E-state index contributed by atoms with van der Waals surface area (Å²) in [5, 5.41) is 0. The van der Waals surface area contributed by atoms with Gasteiger partial charge in [-0.05, 0) is 23.3 Å².